The van der Waals surface area contributed by atoms with Gasteiger partial charge in [-0.3, -0.25) is 4.79 Å². The predicted octanol–water partition coefficient (Wildman–Crippen LogP) is 7.29. The van der Waals surface area contributed by atoms with Crippen molar-refractivity contribution in [1.82, 2.24) is 19.7 Å². The Bertz CT molecular complexity index is 1500. The third kappa shape index (κ3) is 5.38. The van der Waals surface area contributed by atoms with Crippen LogP contribution in [-0.2, 0) is 17.8 Å². The van der Waals surface area contributed by atoms with Crippen LogP contribution in [0.5, 0.6) is 0 Å². The standard InChI is InChI=1S/C27H27N5OS3/c1-4-12-32-25(19-14-21(5-2)34-15-19)30-31-27(32)35-16-24(33)28-20-9-7-18(8-10-20)26-29-22-11-6-17(3)13-23(22)36-26/h6-11,13-15H,4-5,12,16H2,1-3H3,(H,28,33). The molecule has 9 heteroatoms. The van der Waals surface area contributed by atoms with E-state index < -0.39 is 0 Å². The minimum absolute atomic E-state index is 0.0698. The lowest BCUT2D eigenvalue weighted by Gasteiger charge is -2.08. The molecule has 1 amide bonds. The summed E-state index contributed by atoms with van der Waals surface area (Å²) >= 11 is 4.85. The number of fused-ring (bicyclic) bond motifs is 1. The van der Waals surface area contributed by atoms with Crippen LogP contribution in [-0.4, -0.2) is 31.4 Å². The van der Waals surface area contributed by atoms with Crippen LogP contribution in [0.3, 0.4) is 0 Å². The zero-order chi connectivity index (χ0) is 25.1. The summed E-state index contributed by atoms with van der Waals surface area (Å²) in [6, 6.07) is 16.3. The fraction of sp³-hybridized carbons (Fsp3) is 0.259. The molecule has 184 valence electrons. The maximum Gasteiger partial charge on any atom is 0.234 e. The Labute approximate surface area is 222 Å². The Morgan fingerprint density at radius 2 is 1.89 bits per heavy atom. The van der Waals surface area contributed by atoms with Gasteiger partial charge in [0.05, 0.1) is 16.0 Å². The Morgan fingerprint density at radius 1 is 1.06 bits per heavy atom. The number of thioether (sulfide) groups is 1. The zero-order valence-corrected chi connectivity index (χ0v) is 22.9. The van der Waals surface area contributed by atoms with Gasteiger partial charge in [-0.2, -0.15) is 0 Å². The van der Waals surface area contributed by atoms with Crippen LogP contribution in [0, 0.1) is 6.92 Å². The molecule has 3 heterocycles. The molecule has 0 saturated heterocycles. The molecule has 0 atom stereocenters. The fourth-order valence-corrected chi connectivity index (χ4v) is 6.54. The van der Waals surface area contributed by atoms with Crippen molar-refractivity contribution in [3.05, 3.63) is 64.4 Å². The third-order valence-electron chi connectivity index (χ3n) is 5.72. The number of thiophene rings is 1. The number of hydrogen-bond acceptors (Lipinski definition) is 7. The fourth-order valence-electron chi connectivity index (χ4n) is 3.90. The molecule has 0 aliphatic carbocycles. The quantitative estimate of drug-likeness (QED) is 0.201. The molecule has 6 nitrogen and oxygen atoms in total. The van der Waals surface area contributed by atoms with Gasteiger partial charge in [0.25, 0.3) is 0 Å². The SMILES string of the molecule is CCCn1c(SCC(=O)Nc2ccc(-c3nc4ccc(C)cc4s3)cc2)nnc1-c1csc(CC)c1. The molecule has 0 saturated carbocycles. The topological polar surface area (TPSA) is 72.7 Å². The monoisotopic (exact) mass is 533 g/mol. The van der Waals surface area contributed by atoms with Gasteiger partial charge in [0, 0.05) is 33.6 Å². The van der Waals surface area contributed by atoms with E-state index in [9.17, 15) is 4.79 Å². The summed E-state index contributed by atoms with van der Waals surface area (Å²) in [4.78, 5) is 18.8. The third-order valence-corrected chi connectivity index (χ3v) is 8.83. The van der Waals surface area contributed by atoms with Crippen LogP contribution >= 0.6 is 34.4 Å². The van der Waals surface area contributed by atoms with Crippen LogP contribution in [0.1, 0.15) is 30.7 Å². The number of rotatable bonds is 9. The van der Waals surface area contributed by atoms with Crippen molar-refractivity contribution in [3.63, 3.8) is 0 Å². The number of anilines is 1. The van der Waals surface area contributed by atoms with Gasteiger partial charge in [-0.1, -0.05) is 31.7 Å². The van der Waals surface area contributed by atoms with Crippen molar-refractivity contribution in [2.24, 2.45) is 0 Å². The van der Waals surface area contributed by atoms with Crippen molar-refractivity contribution >= 4 is 56.2 Å². The van der Waals surface area contributed by atoms with Gasteiger partial charge in [-0.25, -0.2) is 4.98 Å². The number of carbonyl (C=O) groups is 1. The smallest absolute Gasteiger partial charge is 0.234 e. The number of amides is 1. The molecule has 1 N–H and O–H groups in total. The molecule has 0 bridgehead atoms. The maximum absolute atomic E-state index is 12.7. The number of aryl methyl sites for hydroxylation is 2. The first-order chi connectivity index (χ1) is 17.5. The van der Waals surface area contributed by atoms with Crippen molar-refractivity contribution in [2.45, 2.75) is 45.3 Å². The summed E-state index contributed by atoms with van der Waals surface area (Å²) in [7, 11) is 0. The lowest BCUT2D eigenvalue weighted by Crippen LogP contribution is -2.14. The molecular formula is C27H27N5OS3. The Hall–Kier alpha value is -3.01. The minimum Gasteiger partial charge on any atom is -0.325 e. The summed E-state index contributed by atoms with van der Waals surface area (Å²) in [5, 5.41) is 15.7. The van der Waals surface area contributed by atoms with E-state index >= 15 is 0 Å². The Balaban J connectivity index is 1.23. The molecular weight excluding hydrogens is 507 g/mol. The second kappa shape index (κ2) is 10.9. The van der Waals surface area contributed by atoms with Crippen LogP contribution in [0.2, 0.25) is 0 Å². The molecule has 0 fully saturated rings. The number of aromatic nitrogens is 4. The molecule has 0 unspecified atom stereocenters. The van der Waals surface area contributed by atoms with Gasteiger partial charge in [0.1, 0.15) is 5.01 Å². The van der Waals surface area contributed by atoms with Gasteiger partial charge in [0.2, 0.25) is 5.91 Å². The first-order valence-corrected chi connectivity index (χ1v) is 14.6. The van der Waals surface area contributed by atoms with E-state index in [4.69, 9.17) is 4.98 Å². The minimum atomic E-state index is -0.0698. The van der Waals surface area contributed by atoms with Crippen molar-refractivity contribution in [2.75, 3.05) is 11.1 Å². The Kier molecular flexibility index (Phi) is 7.50. The van der Waals surface area contributed by atoms with E-state index in [1.54, 1.807) is 22.7 Å². The zero-order valence-electron chi connectivity index (χ0n) is 20.4. The van der Waals surface area contributed by atoms with E-state index in [-0.39, 0.29) is 11.7 Å². The van der Waals surface area contributed by atoms with Gasteiger partial charge in [0.15, 0.2) is 11.0 Å². The maximum atomic E-state index is 12.7. The van der Waals surface area contributed by atoms with Crippen LogP contribution < -0.4 is 5.32 Å². The van der Waals surface area contributed by atoms with Crippen LogP contribution in [0.15, 0.2) is 59.1 Å². The highest BCUT2D eigenvalue weighted by Crippen LogP contribution is 2.32. The number of hydrogen-bond donors (Lipinski definition) is 1. The average molecular weight is 534 g/mol. The molecule has 3 aromatic heterocycles. The highest BCUT2D eigenvalue weighted by atomic mass is 32.2. The second-order valence-electron chi connectivity index (χ2n) is 8.52. The molecule has 5 rings (SSSR count). The first kappa shape index (κ1) is 24.7. The number of thiazole rings is 1. The summed E-state index contributed by atoms with van der Waals surface area (Å²) in [6.45, 7) is 7.19. The largest absolute Gasteiger partial charge is 0.325 e. The summed E-state index contributed by atoms with van der Waals surface area (Å²) in [5.74, 6) is 1.07. The lowest BCUT2D eigenvalue weighted by molar-refractivity contribution is -0.113. The number of nitrogens with zero attached hydrogens (tertiary/aromatic N) is 4. The molecule has 36 heavy (non-hydrogen) atoms. The normalized spacial score (nSPS) is 11.3. The predicted molar refractivity (Wildman–Crippen MR) is 152 cm³/mol. The molecule has 0 radical (unpaired) electrons. The van der Waals surface area contributed by atoms with Gasteiger partial charge in [-0.05, 0) is 67.8 Å². The van der Waals surface area contributed by atoms with Crippen molar-refractivity contribution < 1.29 is 4.79 Å². The second-order valence-corrected chi connectivity index (χ2v) is 11.5. The molecule has 5 aromatic rings. The van der Waals surface area contributed by atoms with E-state index in [1.165, 1.54) is 26.9 Å². The lowest BCUT2D eigenvalue weighted by atomic mass is 10.2. The average Bonchev–Trinajstić information content (AvgIpc) is 3.61. The van der Waals surface area contributed by atoms with Crippen molar-refractivity contribution in [3.8, 4) is 22.0 Å². The summed E-state index contributed by atoms with van der Waals surface area (Å²) < 4.78 is 3.30. The molecule has 2 aromatic carbocycles. The summed E-state index contributed by atoms with van der Waals surface area (Å²) in [5.41, 5.74) is 5.15. The highest BCUT2D eigenvalue weighted by Gasteiger charge is 2.16. The number of benzene rings is 2. The number of nitrogens with one attached hydrogen (secondary N) is 1. The number of carbonyl (C=O) groups excluding carboxylic acids is 1. The van der Waals surface area contributed by atoms with Gasteiger partial charge >= 0.3 is 0 Å². The highest BCUT2D eigenvalue weighted by molar-refractivity contribution is 7.99. The molecule has 0 aliphatic rings. The van der Waals surface area contributed by atoms with E-state index in [1.807, 2.05) is 24.3 Å². The first-order valence-electron chi connectivity index (χ1n) is 11.9. The van der Waals surface area contributed by atoms with Gasteiger partial charge in [-0.15, -0.1) is 32.9 Å². The van der Waals surface area contributed by atoms with E-state index in [2.05, 4.69) is 70.5 Å². The van der Waals surface area contributed by atoms with Crippen LogP contribution in [0.25, 0.3) is 32.2 Å². The Morgan fingerprint density at radius 3 is 2.64 bits per heavy atom. The van der Waals surface area contributed by atoms with Crippen LogP contribution in [0.4, 0.5) is 5.69 Å². The van der Waals surface area contributed by atoms with Crippen molar-refractivity contribution in [1.29, 1.82) is 0 Å². The van der Waals surface area contributed by atoms with Gasteiger partial charge < -0.3 is 9.88 Å². The van der Waals surface area contributed by atoms with E-state index in [0.717, 1.165) is 57.7 Å². The molecule has 0 spiro atoms. The van der Waals surface area contributed by atoms with E-state index in [0.29, 0.717) is 0 Å². The summed E-state index contributed by atoms with van der Waals surface area (Å²) in [6.07, 6.45) is 1.98. The molecule has 0 aliphatic heterocycles.